The normalized spacial score (nSPS) is 28.3. The van der Waals surface area contributed by atoms with E-state index in [0.717, 1.165) is 56.1 Å². The monoisotopic (exact) mass is 1060 g/mol. The second kappa shape index (κ2) is 22.5. The van der Waals surface area contributed by atoms with Gasteiger partial charge < -0.3 is 38.7 Å². The van der Waals surface area contributed by atoms with Crippen LogP contribution in [0.1, 0.15) is 157 Å². The molecule has 11 heteroatoms. The molecule has 3 fully saturated rings. The molecular weight excluding hydrogens is 993 g/mol. The number of carbonyl (C=O) groups excluding carboxylic acids is 2. The Morgan fingerprint density at radius 2 is 1.62 bits per heavy atom. The maximum absolute atomic E-state index is 15.7. The number of hydrogen-bond acceptors (Lipinski definition) is 11. The molecule has 6 aromatic rings. The summed E-state index contributed by atoms with van der Waals surface area (Å²) >= 11 is 0. The van der Waals surface area contributed by atoms with Crippen LogP contribution in [0.4, 0.5) is 0 Å². The Balaban J connectivity index is 1.01. The molecule has 11 nitrogen and oxygen atoms in total. The van der Waals surface area contributed by atoms with Gasteiger partial charge in [0.25, 0.3) is 0 Å². The van der Waals surface area contributed by atoms with Crippen molar-refractivity contribution < 1.29 is 48.3 Å². The number of ether oxygens (including phenoxy) is 4. The number of hydrogen-bond donors (Lipinski definition) is 3. The summed E-state index contributed by atoms with van der Waals surface area (Å²) in [4.78, 5) is 45.8. The van der Waals surface area contributed by atoms with E-state index < -0.39 is 47.9 Å². The number of rotatable bonds is 10. The minimum absolute atomic E-state index is 0.0486. The predicted molar refractivity (Wildman–Crippen MR) is 302 cm³/mol. The van der Waals surface area contributed by atoms with Crippen molar-refractivity contribution in [2.75, 3.05) is 26.9 Å². The zero-order valence-corrected chi connectivity index (χ0v) is 45.3. The first-order valence-corrected chi connectivity index (χ1v) is 28.8. The Kier molecular flexibility index (Phi) is 15.1. The van der Waals surface area contributed by atoms with Gasteiger partial charge >= 0.3 is 17.6 Å². The van der Waals surface area contributed by atoms with Gasteiger partial charge in [0, 0.05) is 48.5 Å². The number of allylic oxidation sites excluding steroid dienone is 1. The van der Waals surface area contributed by atoms with Gasteiger partial charge in [-0.1, -0.05) is 115 Å². The second-order valence-electron chi connectivity index (χ2n) is 23.5. The fraction of sp³-hybridized carbons (Fsp3) is 0.426. The third kappa shape index (κ3) is 9.89. The molecule has 1 aromatic heterocycles. The van der Waals surface area contributed by atoms with Crippen LogP contribution in [-0.4, -0.2) is 65.9 Å². The number of esters is 2. The average molecular weight is 1070 g/mol. The summed E-state index contributed by atoms with van der Waals surface area (Å²) in [6.45, 7) is 0.720. The van der Waals surface area contributed by atoms with Crippen molar-refractivity contribution in [3.63, 3.8) is 0 Å². The molecule has 3 saturated carbocycles. The van der Waals surface area contributed by atoms with Crippen LogP contribution in [0.2, 0.25) is 0 Å². The highest BCUT2D eigenvalue weighted by molar-refractivity contribution is 5.90. The number of fused-ring (bicyclic) bond motifs is 17. The summed E-state index contributed by atoms with van der Waals surface area (Å²) in [5.74, 6) is -0.896. The average Bonchev–Trinajstić information content (AvgIpc) is 4.15. The molecule has 1 spiro atoms. The molecule has 7 aliphatic rings. The van der Waals surface area contributed by atoms with Crippen LogP contribution in [-0.2, 0) is 43.2 Å². The summed E-state index contributed by atoms with van der Waals surface area (Å²) < 4.78 is 33.8. The van der Waals surface area contributed by atoms with E-state index in [4.69, 9.17) is 23.4 Å². The van der Waals surface area contributed by atoms with Gasteiger partial charge in [-0.25, -0.2) is 9.59 Å². The molecule has 0 amide bonds. The summed E-state index contributed by atoms with van der Waals surface area (Å²) in [6.07, 6.45) is 9.38. The minimum atomic E-state index is -1.32. The van der Waals surface area contributed by atoms with E-state index in [2.05, 4.69) is 109 Å². The number of carbonyl (C=O) groups is 2. The number of aliphatic hydroxyl groups excluding tert-OH is 3. The van der Waals surface area contributed by atoms with E-state index in [1.54, 1.807) is 13.0 Å². The zero-order chi connectivity index (χ0) is 54.4. The van der Waals surface area contributed by atoms with E-state index in [9.17, 15) is 20.1 Å². The van der Waals surface area contributed by atoms with Crippen molar-refractivity contribution in [2.45, 2.75) is 132 Å². The van der Waals surface area contributed by atoms with Crippen LogP contribution >= 0.6 is 0 Å². The highest BCUT2D eigenvalue weighted by Crippen LogP contribution is 2.64. The minimum Gasteiger partial charge on any atom is -0.482 e. The van der Waals surface area contributed by atoms with Gasteiger partial charge in [-0.15, -0.1) is 0 Å². The van der Waals surface area contributed by atoms with Gasteiger partial charge in [0.05, 0.1) is 25.4 Å². The van der Waals surface area contributed by atoms with Gasteiger partial charge in [-0.05, 0) is 175 Å². The van der Waals surface area contributed by atoms with Gasteiger partial charge in [0.1, 0.15) is 11.3 Å². The van der Waals surface area contributed by atoms with Crippen LogP contribution in [0.3, 0.4) is 0 Å². The quantitative estimate of drug-likeness (QED) is 0.0680. The number of benzene rings is 5. The molecule has 410 valence electrons. The molecule has 13 rings (SSSR count). The van der Waals surface area contributed by atoms with Crippen LogP contribution in [0.5, 0.6) is 5.75 Å². The van der Waals surface area contributed by atoms with Crippen molar-refractivity contribution in [3.05, 3.63) is 199 Å². The molecule has 3 aliphatic heterocycles. The standard InChI is InChI=1S/C68H72O11/c1-40(37-70)50-24-19-41-17-20-45(21-18-41)51-25-23-47(46-14-8-12-43(33-46)32-42-10-4-3-5-11-42)34-49(51)35-60(72)76-64-62-59(28-27-55-57(38-71)61(67(74)77-63(55)62)48(29-31-69)39-75-2)79-68(65(64)78-66(50)73)30-9-16-54-53-26-22-44-13-6-7-15-52(44)56(53)36-58(54)68/h3-8,10-15,17-18,20-22,26-28,33,47-49,51,53-54,56,58,64-65,69-71H,9,16,19,23-25,29-32,34-39H2,1-2H3. The Labute approximate surface area is 462 Å². The first-order chi connectivity index (χ1) is 38.6. The molecule has 11 atom stereocenters. The maximum atomic E-state index is 15.7. The SMILES string of the molecule is COCC(CCO)c1c(CO)c2ccc3c(c2oc1=O)C1OC(=O)CC2CC(c4cccc(Cc5ccccc5)c4)CCC2c2ccc(cc2)CCC(=C(C)CO)C(=O)OC1C1(CCCC2C4C=Cc5ccccc5C4CC21)O3. The molecular formula is C68H72O11. The van der Waals surface area contributed by atoms with Gasteiger partial charge in [-0.2, -0.15) is 0 Å². The third-order valence-corrected chi connectivity index (χ3v) is 19.2. The van der Waals surface area contributed by atoms with Gasteiger partial charge in [0.15, 0.2) is 17.8 Å². The Bertz CT molecular complexity index is 3350. The number of aliphatic hydroxyl groups is 3. The molecule has 79 heavy (non-hydrogen) atoms. The smallest absolute Gasteiger partial charge is 0.340 e. The van der Waals surface area contributed by atoms with Crippen molar-refractivity contribution in [3.8, 4) is 5.75 Å². The fourth-order valence-electron chi connectivity index (χ4n) is 15.5. The Morgan fingerprint density at radius 3 is 2.42 bits per heavy atom. The Hall–Kier alpha value is -6.63. The third-order valence-electron chi connectivity index (χ3n) is 19.2. The first kappa shape index (κ1) is 53.0. The first-order valence-electron chi connectivity index (χ1n) is 28.8. The molecule has 2 bridgehead atoms. The number of methoxy groups -OCH3 is 1. The second-order valence-corrected chi connectivity index (χ2v) is 23.5. The lowest BCUT2D eigenvalue weighted by atomic mass is 9.63. The van der Waals surface area contributed by atoms with Crippen molar-refractivity contribution in [1.29, 1.82) is 0 Å². The van der Waals surface area contributed by atoms with E-state index in [0.29, 0.717) is 40.7 Å². The van der Waals surface area contributed by atoms with E-state index in [-0.39, 0.29) is 97.2 Å². The Morgan fingerprint density at radius 1 is 0.810 bits per heavy atom. The highest BCUT2D eigenvalue weighted by atomic mass is 16.6. The van der Waals surface area contributed by atoms with Gasteiger partial charge in [-0.3, -0.25) is 4.79 Å². The van der Waals surface area contributed by atoms with Crippen LogP contribution in [0.15, 0.2) is 142 Å². The molecule has 4 heterocycles. The largest absolute Gasteiger partial charge is 0.482 e. The lowest BCUT2D eigenvalue weighted by molar-refractivity contribution is -0.212. The zero-order valence-electron chi connectivity index (χ0n) is 45.3. The van der Waals surface area contributed by atoms with Crippen molar-refractivity contribution in [2.24, 2.45) is 23.7 Å². The lowest BCUT2D eigenvalue weighted by Crippen LogP contribution is -2.62. The molecule has 3 N–H and O–H groups in total. The van der Waals surface area contributed by atoms with Crippen LogP contribution in [0.25, 0.3) is 17.0 Å². The summed E-state index contributed by atoms with van der Waals surface area (Å²) in [5.41, 5.74) is 8.11. The van der Waals surface area contributed by atoms with Crippen molar-refractivity contribution >= 4 is 29.0 Å². The highest BCUT2D eigenvalue weighted by Gasteiger charge is 2.65. The molecule has 0 radical (unpaired) electrons. The van der Waals surface area contributed by atoms with E-state index in [1.165, 1.54) is 34.9 Å². The molecule has 4 aliphatic carbocycles. The van der Waals surface area contributed by atoms with Gasteiger partial charge in [0.2, 0.25) is 0 Å². The number of aryl methyl sites for hydroxylation is 1. The molecule has 11 unspecified atom stereocenters. The summed E-state index contributed by atoms with van der Waals surface area (Å²) in [7, 11) is 1.52. The summed E-state index contributed by atoms with van der Waals surface area (Å²) in [6, 6.07) is 40.1. The summed E-state index contributed by atoms with van der Waals surface area (Å²) in [5, 5.41) is 32.5. The topological polar surface area (TPSA) is 162 Å². The van der Waals surface area contributed by atoms with Crippen LogP contribution < -0.4 is 10.4 Å². The predicted octanol–water partition coefficient (Wildman–Crippen LogP) is 11.9. The van der Waals surface area contributed by atoms with Crippen molar-refractivity contribution in [1.82, 2.24) is 0 Å². The van der Waals surface area contributed by atoms with E-state index in [1.807, 2.05) is 12.1 Å². The van der Waals surface area contributed by atoms with E-state index >= 15 is 9.59 Å². The maximum Gasteiger partial charge on any atom is 0.340 e. The van der Waals surface area contributed by atoms with Crippen LogP contribution in [0, 0.1) is 23.7 Å². The lowest BCUT2D eigenvalue weighted by Gasteiger charge is -2.53. The fourth-order valence-corrected chi connectivity index (χ4v) is 15.5. The molecule has 0 saturated heterocycles. The molecule has 5 aromatic carbocycles.